The molecule has 0 saturated heterocycles. The molecule has 1 aromatic rings. The van der Waals surface area contributed by atoms with Gasteiger partial charge in [-0.2, -0.15) is 0 Å². The molecule has 19 heavy (non-hydrogen) atoms. The predicted octanol–water partition coefficient (Wildman–Crippen LogP) is 2.39. The molecule has 0 saturated carbocycles. The molecule has 4 heteroatoms. The number of aryl methyl sites for hydroxylation is 1. The average molecular weight is 278 g/mol. The van der Waals surface area contributed by atoms with Gasteiger partial charge < -0.3 is 9.16 Å². The second-order valence-electron chi connectivity index (χ2n) is 5.04. The van der Waals surface area contributed by atoms with E-state index in [9.17, 15) is 4.79 Å². The Morgan fingerprint density at radius 3 is 2.53 bits per heavy atom. The van der Waals surface area contributed by atoms with Crippen LogP contribution in [0.1, 0.15) is 18.1 Å². The summed E-state index contributed by atoms with van der Waals surface area (Å²) >= 11 is 0. The number of esters is 1. The van der Waals surface area contributed by atoms with Gasteiger partial charge in [-0.05, 0) is 43.6 Å². The number of rotatable bonds is 5. The fourth-order valence-corrected chi connectivity index (χ4v) is 4.24. The van der Waals surface area contributed by atoms with E-state index in [-0.39, 0.29) is 5.97 Å². The molecular weight excluding hydrogens is 256 g/mol. The van der Waals surface area contributed by atoms with E-state index in [1.165, 1.54) is 16.3 Å². The van der Waals surface area contributed by atoms with Gasteiger partial charge in [-0.25, -0.2) is 4.79 Å². The van der Waals surface area contributed by atoms with E-state index in [1.54, 1.807) is 14.0 Å². The molecular formula is C15H22O3Si. The van der Waals surface area contributed by atoms with Gasteiger partial charge in [0, 0.05) is 12.7 Å². The molecule has 0 fully saturated rings. The van der Waals surface area contributed by atoms with Crippen molar-refractivity contribution in [2.75, 3.05) is 13.3 Å². The molecule has 0 aliphatic carbocycles. The first kappa shape index (κ1) is 15.7. The van der Waals surface area contributed by atoms with Crippen LogP contribution in [0.2, 0.25) is 6.55 Å². The van der Waals surface area contributed by atoms with Gasteiger partial charge in [-0.1, -0.05) is 24.8 Å². The van der Waals surface area contributed by atoms with Crippen molar-refractivity contribution in [3.05, 3.63) is 41.5 Å². The summed E-state index contributed by atoms with van der Waals surface area (Å²) in [6.45, 7) is 11.4. The summed E-state index contributed by atoms with van der Waals surface area (Å²) in [5.41, 5.74) is 2.85. The number of hydrogen-bond donors (Lipinski definition) is 0. The minimum atomic E-state index is -2.27. The Hall–Kier alpha value is -1.39. The van der Waals surface area contributed by atoms with Crippen LogP contribution in [-0.4, -0.2) is 27.6 Å². The molecule has 0 spiro atoms. The highest BCUT2D eigenvalue weighted by molar-refractivity contribution is 6.85. The first-order valence-corrected chi connectivity index (χ1v) is 8.88. The maximum atomic E-state index is 11.5. The van der Waals surface area contributed by atoms with E-state index in [1.807, 2.05) is 6.07 Å². The summed E-state index contributed by atoms with van der Waals surface area (Å²) < 4.78 is 11.0. The zero-order valence-electron chi connectivity index (χ0n) is 12.4. The van der Waals surface area contributed by atoms with Crippen LogP contribution in [0, 0.1) is 13.8 Å². The van der Waals surface area contributed by atoms with Gasteiger partial charge >= 0.3 is 5.97 Å². The molecule has 0 aliphatic rings. The Kier molecular flexibility index (Phi) is 5.09. The van der Waals surface area contributed by atoms with Crippen LogP contribution in [-0.2, 0) is 14.0 Å². The number of hydrogen-bond acceptors (Lipinski definition) is 3. The Morgan fingerprint density at radius 2 is 2.00 bits per heavy atom. The zero-order valence-corrected chi connectivity index (χ0v) is 13.4. The van der Waals surface area contributed by atoms with Crippen molar-refractivity contribution < 1.29 is 14.0 Å². The topological polar surface area (TPSA) is 35.5 Å². The van der Waals surface area contributed by atoms with Crippen molar-refractivity contribution in [2.45, 2.75) is 27.3 Å². The first-order chi connectivity index (χ1) is 8.81. The average Bonchev–Trinajstić information content (AvgIpc) is 2.38. The predicted molar refractivity (Wildman–Crippen MR) is 80.0 cm³/mol. The Bertz CT molecular complexity index is 496. The maximum Gasteiger partial charge on any atom is 0.332 e. The van der Waals surface area contributed by atoms with E-state index in [0.29, 0.717) is 11.8 Å². The van der Waals surface area contributed by atoms with Gasteiger partial charge in [0.25, 0.3) is 8.32 Å². The molecule has 1 atom stereocenters. The summed E-state index contributed by atoms with van der Waals surface area (Å²) in [7, 11) is -0.585. The highest BCUT2D eigenvalue weighted by atomic mass is 28.4. The summed E-state index contributed by atoms with van der Waals surface area (Å²) in [5.74, 6) is -0.360. The molecule has 3 nitrogen and oxygen atoms in total. The molecule has 1 rings (SSSR count). The van der Waals surface area contributed by atoms with Crippen molar-refractivity contribution in [3.63, 3.8) is 0 Å². The Labute approximate surface area is 116 Å². The van der Waals surface area contributed by atoms with Crippen LogP contribution in [0.5, 0.6) is 0 Å². The molecule has 104 valence electrons. The van der Waals surface area contributed by atoms with Crippen molar-refractivity contribution in [1.82, 2.24) is 0 Å². The summed E-state index contributed by atoms with van der Waals surface area (Å²) in [5, 5.41) is 1.17. The highest BCUT2D eigenvalue weighted by Crippen LogP contribution is 2.12. The molecule has 0 N–H and O–H groups in total. The minimum absolute atomic E-state index is 0.305. The lowest BCUT2D eigenvalue weighted by Crippen LogP contribution is -2.53. The fourth-order valence-electron chi connectivity index (χ4n) is 1.90. The standard InChI is InChI=1S/C15H22O3Si/c1-11(2)15(16)18-10-19(6,17-5)14-9-7-8-12(3)13(14)4/h7-9H,1,10H2,2-6H3. The van der Waals surface area contributed by atoms with Gasteiger partial charge in [0.05, 0.1) is 0 Å². The van der Waals surface area contributed by atoms with Crippen LogP contribution in [0.15, 0.2) is 30.4 Å². The van der Waals surface area contributed by atoms with Gasteiger partial charge in [0.1, 0.15) is 6.23 Å². The second kappa shape index (κ2) is 6.17. The van der Waals surface area contributed by atoms with Crippen LogP contribution in [0.4, 0.5) is 0 Å². The molecule has 0 bridgehead atoms. The van der Waals surface area contributed by atoms with Crippen LogP contribution in [0.3, 0.4) is 0 Å². The highest BCUT2D eigenvalue weighted by Gasteiger charge is 2.34. The van der Waals surface area contributed by atoms with Gasteiger partial charge in [-0.3, -0.25) is 0 Å². The smallest absolute Gasteiger partial charge is 0.332 e. The molecule has 0 heterocycles. The van der Waals surface area contributed by atoms with Gasteiger partial charge in [0.2, 0.25) is 0 Å². The lowest BCUT2D eigenvalue weighted by molar-refractivity contribution is -0.137. The number of carbonyl (C=O) groups excluding carboxylic acids is 1. The Balaban J connectivity index is 3.00. The normalized spacial score (nSPS) is 13.7. The SMILES string of the molecule is C=C(C)C(=O)OC[Si](C)(OC)c1cccc(C)c1C. The molecule has 0 radical (unpaired) electrons. The van der Waals surface area contributed by atoms with Crippen molar-refractivity contribution >= 4 is 19.5 Å². The van der Waals surface area contributed by atoms with E-state index in [4.69, 9.17) is 9.16 Å². The maximum absolute atomic E-state index is 11.5. The lowest BCUT2D eigenvalue weighted by atomic mass is 10.1. The fraction of sp³-hybridized carbons (Fsp3) is 0.400. The largest absolute Gasteiger partial charge is 0.463 e. The van der Waals surface area contributed by atoms with E-state index in [0.717, 1.165) is 0 Å². The number of ether oxygens (including phenoxy) is 1. The molecule has 0 aliphatic heterocycles. The number of carbonyl (C=O) groups is 1. The van der Waals surface area contributed by atoms with E-state index >= 15 is 0 Å². The third-order valence-corrected chi connectivity index (χ3v) is 6.73. The third kappa shape index (κ3) is 3.55. The summed E-state index contributed by atoms with van der Waals surface area (Å²) in [6, 6.07) is 6.15. The van der Waals surface area contributed by atoms with Crippen molar-refractivity contribution in [3.8, 4) is 0 Å². The Morgan fingerprint density at radius 1 is 1.37 bits per heavy atom. The summed E-state index contributed by atoms with van der Waals surface area (Å²) in [4.78, 5) is 11.5. The molecule has 1 unspecified atom stereocenters. The zero-order chi connectivity index (χ0) is 14.6. The van der Waals surface area contributed by atoms with Crippen molar-refractivity contribution in [1.29, 1.82) is 0 Å². The summed E-state index contributed by atoms with van der Waals surface area (Å²) in [6.07, 6.45) is 0.305. The van der Waals surface area contributed by atoms with Crippen LogP contribution < -0.4 is 5.19 Å². The minimum Gasteiger partial charge on any atom is -0.463 e. The van der Waals surface area contributed by atoms with Crippen LogP contribution in [0.25, 0.3) is 0 Å². The molecule has 0 aromatic heterocycles. The molecule has 0 amide bonds. The van der Waals surface area contributed by atoms with Crippen molar-refractivity contribution in [2.24, 2.45) is 0 Å². The van der Waals surface area contributed by atoms with Gasteiger partial charge in [-0.15, -0.1) is 0 Å². The first-order valence-electron chi connectivity index (χ1n) is 6.26. The monoisotopic (exact) mass is 278 g/mol. The van der Waals surface area contributed by atoms with Crippen LogP contribution >= 0.6 is 0 Å². The quantitative estimate of drug-likeness (QED) is 0.471. The number of benzene rings is 1. The third-order valence-electron chi connectivity index (χ3n) is 3.45. The van der Waals surface area contributed by atoms with E-state index < -0.39 is 8.32 Å². The molecule has 1 aromatic carbocycles. The second-order valence-corrected chi connectivity index (χ2v) is 8.74. The van der Waals surface area contributed by atoms with E-state index in [2.05, 4.69) is 39.1 Å². The lowest BCUT2D eigenvalue weighted by Gasteiger charge is -2.27. The van der Waals surface area contributed by atoms with Gasteiger partial charge in [0.15, 0.2) is 0 Å².